The summed E-state index contributed by atoms with van der Waals surface area (Å²) in [6.45, 7) is 3.27. The molecule has 1 aromatic carbocycles. The van der Waals surface area contributed by atoms with Gasteiger partial charge in [0.05, 0.1) is 23.1 Å². The van der Waals surface area contributed by atoms with Crippen LogP contribution >= 0.6 is 0 Å². The fourth-order valence-electron chi connectivity index (χ4n) is 5.43. The van der Waals surface area contributed by atoms with Crippen LogP contribution in [0.25, 0.3) is 55.6 Å². The fraction of sp³-hybridized carbons (Fsp3) is 0.200. The Labute approximate surface area is 214 Å². The van der Waals surface area contributed by atoms with Crippen molar-refractivity contribution in [3.63, 3.8) is 0 Å². The average molecular weight is 486 g/mol. The van der Waals surface area contributed by atoms with Crippen molar-refractivity contribution in [2.24, 2.45) is 0 Å². The summed E-state index contributed by atoms with van der Waals surface area (Å²) < 4.78 is 0. The highest BCUT2D eigenvalue weighted by Gasteiger charge is 2.16. The summed E-state index contributed by atoms with van der Waals surface area (Å²) in [5.74, 6) is 0. The molecule has 0 radical (unpaired) electrons. The van der Waals surface area contributed by atoms with Crippen molar-refractivity contribution in [2.45, 2.75) is 25.8 Å². The zero-order valence-electron chi connectivity index (χ0n) is 20.5. The van der Waals surface area contributed by atoms with E-state index in [1.165, 1.54) is 37.9 Å². The van der Waals surface area contributed by atoms with E-state index in [0.717, 1.165) is 62.1 Å². The lowest BCUT2D eigenvalue weighted by Gasteiger charge is -2.26. The third kappa shape index (κ3) is 4.17. The maximum Gasteiger partial charge on any atom is 0.116 e. The summed E-state index contributed by atoms with van der Waals surface area (Å²) in [7, 11) is 0. The first kappa shape index (κ1) is 21.9. The Kier molecular flexibility index (Phi) is 5.48. The SMILES string of the molecule is c1cncc(-c2cccc3[nH]c(-c4n[nH]c5cnc(-c6cncc(CN7CCCCC7)c6)cc45)cc23)c1. The Hall–Kier alpha value is -4.36. The van der Waals surface area contributed by atoms with E-state index in [1.54, 1.807) is 6.20 Å². The Morgan fingerprint density at radius 1 is 0.784 bits per heavy atom. The highest BCUT2D eigenvalue weighted by molar-refractivity contribution is 6.01. The van der Waals surface area contributed by atoms with Crippen molar-refractivity contribution in [1.29, 1.82) is 0 Å². The lowest BCUT2D eigenvalue weighted by Crippen LogP contribution is -2.29. The average Bonchev–Trinajstić information content (AvgIpc) is 3.58. The standard InChI is InChI=1S/C30H27N7/c1-2-10-37(11-3-1)19-20-12-22(17-32-15-20)27-14-25-29(18-33-27)35-36-30(25)28-13-24-23(7-4-8-26(24)34-28)21-6-5-9-31-16-21/h4-9,12-18,34H,1-3,10-11,19H2,(H,35,36). The summed E-state index contributed by atoms with van der Waals surface area (Å²) in [6.07, 6.45) is 13.3. The molecule has 5 aromatic heterocycles. The van der Waals surface area contributed by atoms with Crippen molar-refractivity contribution < 1.29 is 0 Å². The minimum atomic E-state index is 0.879. The molecule has 6 heterocycles. The molecule has 1 saturated heterocycles. The molecular weight excluding hydrogens is 458 g/mol. The minimum Gasteiger partial charge on any atom is -0.353 e. The molecule has 7 heteroatoms. The number of aromatic amines is 2. The molecule has 182 valence electrons. The van der Waals surface area contributed by atoms with Crippen LogP contribution in [0.15, 0.2) is 79.5 Å². The molecule has 1 aliphatic rings. The maximum atomic E-state index is 4.73. The van der Waals surface area contributed by atoms with Gasteiger partial charge >= 0.3 is 0 Å². The zero-order chi connectivity index (χ0) is 24.6. The quantitative estimate of drug-likeness (QED) is 0.303. The molecule has 0 spiro atoms. The second-order valence-electron chi connectivity index (χ2n) is 9.80. The molecule has 0 atom stereocenters. The molecule has 7 nitrogen and oxygen atoms in total. The molecule has 0 amide bonds. The summed E-state index contributed by atoms with van der Waals surface area (Å²) >= 11 is 0. The molecule has 0 unspecified atom stereocenters. The number of benzene rings is 1. The first-order valence-electron chi connectivity index (χ1n) is 12.9. The number of hydrogen-bond acceptors (Lipinski definition) is 5. The van der Waals surface area contributed by atoms with Gasteiger partial charge in [0.2, 0.25) is 0 Å². The predicted molar refractivity (Wildman–Crippen MR) is 147 cm³/mol. The highest BCUT2D eigenvalue weighted by Crippen LogP contribution is 2.34. The van der Waals surface area contributed by atoms with E-state index in [-0.39, 0.29) is 0 Å². The second-order valence-corrected chi connectivity index (χ2v) is 9.80. The summed E-state index contributed by atoms with van der Waals surface area (Å²) in [5, 5.41) is 9.99. The van der Waals surface area contributed by atoms with Crippen LogP contribution in [0.2, 0.25) is 0 Å². The molecular formula is C30H27N7. The molecule has 37 heavy (non-hydrogen) atoms. The Balaban J connectivity index is 1.26. The number of nitrogens with one attached hydrogen (secondary N) is 2. The largest absolute Gasteiger partial charge is 0.353 e. The Morgan fingerprint density at radius 2 is 1.70 bits per heavy atom. The molecule has 1 fully saturated rings. The van der Waals surface area contributed by atoms with Crippen LogP contribution in [-0.2, 0) is 6.54 Å². The zero-order valence-corrected chi connectivity index (χ0v) is 20.5. The normalized spacial score (nSPS) is 14.5. The number of H-pyrrole nitrogens is 2. The van der Waals surface area contributed by atoms with Crippen LogP contribution in [0, 0.1) is 0 Å². The lowest BCUT2D eigenvalue weighted by atomic mass is 10.0. The van der Waals surface area contributed by atoms with Crippen LogP contribution < -0.4 is 0 Å². The molecule has 0 saturated carbocycles. The van der Waals surface area contributed by atoms with Gasteiger partial charge in [-0.05, 0) is 67.4 Å². The number of likely N-dealkylation sites (tertiary alicyclic amines) is 1. The van der Waals surface area contributed by atoms with Crippen LogP contribution in [-0.4, -0.2) is 48.1 Å². The Bertz CT molecular complexity index is 1690. The van der Waals surface area contributed by atoms with E-state index in [1.807, 2.05) is 30.9 Å². The third-order valence-electron chi connectivity index (χ3n) is 7.28. The second kappa shape index (κ2) is 9.26. The summed E-state index contributed by atoms with van der Waals surface area (Å²) in [4.78, 5) is 19.7. The first-order valence-corrected chi connectivity index (χ1v) is 12.9. The smallest absolute Gasteiger partial charge is 0.116 e. The van der Waals surface area contributed by atoms with Crippen LogP contribution in [0.4, 0.5) is 0 Å². The molecule has 0 bridgehead atoms. The molecule has 2 N–H and O–H groups in total. The van der Waals surface area contributed by atoms with E-state index in [4.69, 9.17) is 4.98 Å². The molecule has 6 aromatic rings. The van der Waals surface area contributed by atoms with Gasteiger partial charge in [-0.2, -0.15) is 5.10 Å². The minimum absolute atomic E-state index is 0.879. The number of rotatable bonds is 5. The van der Waals surface area contributed by atoms with Gasteiger partial charge in [-0.15, -0.1) is 0 Å². The molecule has 7 rings (SSSR count). The number of nitrogens with zero attached hydrogens (tertiary/aromatic N) is 5. The van der Waals surface area contributed by atoms with Gasteiger partial charge in [0, 0.05) is 58.7 Å². The van der Waals surface area contributed by atoms with Gasteiger partial charge in [0.15, 0.2) is 0 Å². The van der Waals surface area contributed by atoms with Crippen LogP contribution in [0.3, 0.4) is 0 Å². The van der Waals surface area contributed by atoms with E-state index < -0.39 is 0 Å². The van der Waals surface area contributed by atoms with E-state index >= 15 is 0 Å². The fourth-order valence-corrected chi connectivity index (χ4v) is 5.43. The predicted octanol–water partition coefficient (Wildman–Crippen LogP) is 6.22. The van der Waals surface area contributed by atoms with E-state index in [2.05, 4.69) is 72.5 Å². The van der Waals surface area contributed by atoms with E-state index in [9.17, 15) is 0 Å². The molecule has 1 aliphatic heterocycles. The van der Waals surface area contributed by atoms with Crippen molar-refractivity contribution in [3.8, 4) is 33.8 Å². The van der Waals surface area contributed by atoms with Crippen molar-refractivity contribution >= 4 is 21.8 Å². The van der Waals surface area contributed by atoms with Crippen molar-refractivity contribution in [3.05, 3.63) is 85.1 Å². The van der Waals surface area contributed by atoms with Gasteiger partial charge in [-0.25, -0.2) is 0 Å². The number of fused-ring (bicyclic) bond motifs is 2. The van der Waals surface area contributed by atoms with Crippen LogP contribution in [0.5, 0.6) is 0 Å². The highest BCUT2D eigenvalue weighted by atomic mass is 15.1. The lowest BCUT2D eigenvalue weighted by molar-refractivity contribution is 0.220. The van der Waals surface area contributed by atoms with Crippen molar-refractivity contribution in [2.75, 3.05) is 13.1 Å². The van der Waals surface area contributed by atoms with Gasteiger partial charge in [-0.1, -0.05) is 24.6 Å². The van der Waals surface area contributed by atoms with Gasteiger partial charge in [0.1, 0.15) is 5.69 Å². The number of pyridine rings is 3. The topological polar surface area (TPSA) is 86.4 Å². The number of hydrogen-bond donors (Lipinski definition) is 2. The monoisotopic (exact) mass is 485 g/mol. The number of aromatic nitrogens is 6. The van der Waals surface area contributed by atoms with Gasteiger partial charge < -0.3 is 4.98 Å². The first-order chi connectivity index (χ1) is 18.3. The summed E-state index contributed by atoms with van der Waals surface area (Å²) in [5.41, 5.74) is 9.21. The molecule has 0 aliphatic carbocycles. The third-order valence-corrected chi connectivity index (χ3v) is 7.28. The van der Waals surface area contributed by atoms with Crippen molar-refractivity contribution in [1.82, 2.24) is 35.0 Å². The maximum absolute atomic E-state index is 4.73. The number of piperidine rings is 1. The van der Waals surface area contributed by atoms with Gasteiger partial charge in [0.25, 0.3) is 0 Å². The van der Waals surface area contributed by atoms with E-state index in [0.29, 0.717) is 0 Å². The Morgan fingerprint density at radius 3 is 2.59 bits per heavy atom. The summed E-state index contributed by atoms with van der Waals surface area (Å²) in [6, 6.07) is 16.9. The van der Waals surface area contributed by atoms with Crippen LogP contribution in [0.1, 0.15) is 24.8 Å². The van der Waals surface area contributed by atoms with Gasteiger partial charge in [-0.3, -0.25) is 25.0 Å².